The third kappa shape index (κ3) is 4.65. The Hall–Kier alpha value is -1.71. The van der Waals surface area contributed by atoms with Crippen molar-refractivity contribution in [1.82, 2.24) is 4.90 Å². The lowest BCUT2D eigenvalue weighted by atomic mass is 9.93. The SMILES string of the molecule is CCCC(C(=O)N(C)Cc1ccc(Cl)cc1)c1ccc(O)c(Cl)c1. The van der Waals surface area contributed by atoms with Gasteiger partial charge in [0.2, 0.25) is 5.91 Å². The van der Waals surface area contributed by atoms with Gasteiger partial charge in [-0.2, -0.15) is 0 Å². The van der Waals surface area contributed by atoms with Gasteiger partial charge >= 0.3 is 0 Å². The maximum atomic E-state index is 12.9. The van der Waals surface area contributed by atoms with Crippen molar-refractivity contribution in [3.8, 4) is 5.75 Å². The lowest BCUT2D eigenvalue weighted by Crippen LogP contribution is -2.31. The minimum absolute atomic E-state index is 0.0256. The number of aromatic hydroxyl groups is 1. The Morgan fingerprint density at radius 3 is 2.42 bits per heavy atom. The van der Waals surface area contributed by atoms with Crippen LogP contribution in [-0.2, 0) is 11.3 Å². The van der Waals surface area contributed by atoms with Gasteiger partial charge in [-0.05, 0) is 41.8 Å². The Balaban J connectivity index is 2.17. The maximum absolute atomic E-state index is 12.9. The Kier molecular flexibility index (Phi) is 6.52. The van der Waals surface area contributed by atoms with Crippen molar-refractivity contribution in [2.24, 2.45) is 0 Å². The lowest BCUT2D eigenvalue weighted by molar-refractivity contribution is -0.132. The van der Waals surface area contributed by atoms with E-state index in [9.17, 15) is 9.90 Å². The molecule has 0 spiro atoms. The zero-order valence-electron chi connectivity index (χ0n) is 13.8. The number of rotatable bonds is 6. The smallest absolute Gasteiger partial charge is 0.230 e. The fourth-order valence-corrected chi connectivity index (χ4v) is 2.98. The van der Waals surface area contributed by atoms with Gasteiger partial charge in [-0.3, -0.25) is 4.79 Å². The molecule has 0 heterocycles. The minimum Gasteiger partial charge on any atom is -0.506 e. The molecule has 1 amide bonds. The van der Waals surface area contributed by atoms with E-state index in [1.54, 1.807) is 24.1 Å². The first-order valence-corrected chi connectivity index (χ1v) is 8.65. The highest BCUT2D eigenvalue weighted by molar-refractivity contribution is 6.32. The highest BCUT2D eigenvalue weighted by atomic mass is 35.5. The van der Waals surface area contributed by atoms with E-state index in [1.807, 2.05) is 31.2 Å². The molecule has 0 aliphatic rings. The highest BCUT2D eigenvalue weighted by Crippen LogP contribution is 2.31. The van der Waals surface area contributed by atoms with Crippen LogP contribution in [0.1, 0.15) is 36.8 Å². The van der Waals surface area contributed by atoms with Crippen LogP contribution < -0.4 is 0 Å². The molecule has 5 heteroatoms. The Bertz CT molecular complexity index is 701. The van der Waals surface area contributed by atoms with Crippen molar-refractivity contribution >= 4 is 29.1 Å². The quantitative estimate of drug-likeness (QED) is 0.759. The van der Waals surface area contributed by atoms with E-state index in [1.165, 1.54) is 6.07 Å². The summed E-state index contributed by atoms with van der Waals surface area (Å²) in [6.07, 6.45) is 1.61. The number of phenolic OH excluding ortho intramolecular Hbond substituents is 1. The second-order valence-corrected chi connectivity index (χ2v) is 6.72. The Morgan fingerprint density at radius 2 is 1.83 bits per heavy atom. The molecule has 2 aromatic rings. The van der Waals surface area contributed by atoms with E-state index < -0.39 is 0 Å². The van der Waals surface area contributed by atoms with Gasteiger partial charge in [0.05, 0.1) is 10.9 Å². The minimum atomic E-state index is -0.273. The highest BCUT2D eigenvalue weighted by Gasteiger charge is 2.24. The van der Waals surface area contributed by atoms with Crippen LogP contribution in [0, 0.1) is 0 Å². The topological polar surface area (TPSA) is 40.5 Å². The third-order valence-corrected chi connectivity index (χ3v) is 4.51. The second-order valence-electron chi connectivity index (χ2n) is 5.87. The molecule has 0 aliphatic carbocycles. The van der Waals surface area contributed by atoms with Crippen molar-refractivity contribution in [2.45, 2.75) is 32.2 Å². The number of halogens is 2. The van der Waals surface area contributed by atoms with Gasteiger partial charge < -0.3 is 10.0 Å². The number of hydrogen-bond donors (Lipinski definition) is 1. The number of amides is 1. The number of carbonyl (C=O) groups excluding carboxylic acids is 1. The average molecular weight is 366 g/mol. The van der Waals surface area contributed by atoms with Gasteiger partial charge in [-0.1, -0.05) is 54.7 Å². The molecule has 2 rings (SSSR count). The molecular weight excluding hydrogens is 345 g/mol. The normalized spacial score (nSPS) is 12.0. The monoisotopic (exact) mass is 365 g/mol. The second kappa shape index (κ2) is 8.41. The van der Waals surface area contributed by atoms with Crippen LogP contribution in [0.4, 0.5) is 0 Å². The first kappa shape index (κ1) is 18.6. The molecule has 0 aliphatic heterocycles. The molecular formula is C19H21Cl2NO2. The van der Waals surface area contributed by atoms with E-state index in [4.69, 9.17) is 23.2 Å². The third-order valence-electron chi connectivity index (χ3n) is 3.96. The number of hydrogen-bond acceptors (Lipinski definition) is 2. The van der Waals surface area contributed by atoms with Crippen molar-refractivity contribution in [1.29, 1.82) is 0 Å². The summed E-state index contributed by atoms with van der Waals surface area (Å²) in [5.74, 6) is -0.211. The van der Waals surface area contributed by atoms with Gasteiger partial charge in [0.25, 0.3) is 0 Å². The number of benzene rings is 2. The summed E-state index contributed by atoms with van der Waals surface area (Å²) >= 11 is 11.9. The van der Waals surface area contributed by atoms with Crippen LogP contribution in [0.25, 0.3) is 0 Å². The fraction of sp³-hybridized carbons (Fsp3) is 0.316. The zero-order chi connectivity index (χ0) is 17.7. The number of carbonyl (C=O) groups is 1. The predicted molar refractivity (Wildman–Crippen MR) is 98.7 cm³/mol. The zero-order valence-corrected chi connectivity index (χ0v) is 15.3. The van der Waals surface area contributed by atoms with Crippen molar-refractivity contribution < 1.29 is 9.90 Å². The maximum Gasteiger partial charge on any atom is 0.230 e. The molecule has 1 atom stereocenters. The first-order valence-electron chi connectivity index (χ1n) is 7.90. The lowest BCUT2D eigenvalue weighted by Gasteiger charge is -2.24. The van der Waals surface area contributed by atoms with E-state index in [0.29, 0.717) is 11.6 Å². The molecule has 3 nitrogen and oxygen atoms in total. The Morgan fingerprint density at radius 1 is 1.17 bits per heavy atom. The first-order chi connectivity index (χ1) is 11.4. The van der Waals surface area contributed by atoms with Crippen LogP contribution in [-0.4, -0.2) is 23.0 Å². The molecule has 0 radical (unpaired) electrons. The summed E-state index contributed by atoms with van der Waals surface area (Å²) < 4.78 is 0. The van der Waals surface area contributed by atoms with E-state index >= 15 is 0 Å². The largest absolute Gasteiger partial charge is 0.506 e. The van der Waals surface area contributed by atoms with Gasteiger partial charge in [0.15, 0.2) is 0 Å². The summed E-state index contributed by atoms with van der Waals surface area (Å²) in [6, 6.07) is 12.4. The van der Waals surface area contributed by atoms with Gasteiger partial charge in [-0.15, -0.1) is 0 Å². The molecule has 0 saturated heterocycles. The standard InChI is InChI=1S/C19H21Cl2NO2/c1-3-4-16(14-7-10-18(23)17(21)11-14)19(24)22(2)12-13-5-8-15(20)9-6-13/h5-11,16,23H,3-4,12H2,1-2H3. The van der Waals surface area contributed by atoms with E-state index in [-0.39, 0.29) is 22.6 Å². The molecule has 0 bridgehead atoms. The van der Waals surface area contributed by atoms with Crippen molar-refractivity contribution in [3.63, 3.8) is 0 Å². The van der Waals surface area contributed by atoms with E-state index in [0.717, 1.165) is 24.0 Å². The van der Waals surface area contributed by atoms with E-state index in [2.05, 4.69) is 0 Å². The van der Waals surface area contributed by atoms with Crippen LogP contribution >= 0.6 is 23.2 Å². The molecule has 2 aromatic carbocycles. The van der Waals surface area contributed by atoms with Crippen LogP contribution in [0.3, 0.4) is 0 Å². The predicted octanol–water partition coefficient (Wildman–Crippen LogP) is 5.24. The molecule has 24 heavy (non-hydrogen) atoms. The fourth-order valence-electron chi connectivity index (χ4n) is 2.67. The Labute approximate surface area is 152 Å². The van der Waals surface area contributed by atoms with Crippen molar-refractivity contribution in [2.75, 3.05) is 7.05 Å². The summed E-state index contributed by atoms with van der Waals surface area (Å²) in [7, 11) is 1.79. The summed E-state index contributed by atoms with van der Waals surface area (Å²) in [5, 5.41) is 10.5. The number of nitrogens with zero attached hydrogens (tertiary/aromatic N) is 1. The average Bonchev–Trinajstić information content (AvgIpc) is 2.56. The molecule has 0 fully saturated rings. The van der Waals surface area contributed by atoms with Crippen LogP contribution in [0.15, 0.2) is 42.5 Å². The van der Waals surface area contributed by atoms with Crippen LogP contribution in [0.2, 0.25) is 10.0 Å². The van der Waals surface area contributed by atoms with Crippen LogP contribution in [0.5, 0.6) is 5.75 Å². The molecule has 1 unspecified atom stereocenters. The van der Waals surface area contributed by atoms with Gasteiger partial charge in [0.1, 0.15) is 5.75 Å². The molecule has 0 saturated carbocycles. The number of likely N-dealkylation sites (N-methyl/N-ethyl adjacent to an activating group) is 1. The summed E-state index contributed by atoms with van der Waals surface area (Å²) in [6.45, 7) is 2.56. The van der Waals surface area contributed by atoms with Crippen molar-refractivity contribution in [3.05, 3.63) is 63.6 Å². The summed E-state index contributed by atoms with van der Waals surface area (Å²) in [4.78, 5) is 14.6. The summed E-state index contributed by atoms with van der Waals surface area (Å²) in [5.41, 5.74) is 1.85. The molecule has 0 aromatic heterocycles. The molecule has 128 valence electrons. The van der Waals surface area contributed by atoms with Gasteiger partial charge in [0, 0.05) is 18.6 Å². The number of phenols is 1. The molecule has 1 N–H and O–H groups in total. The van der Waals surface area contributed by atoms with Gasteiger partial charge in [-0.25, -0.2) is 0 Å².